The Labute approximate surface area is 746 Å². The molecule has 12 nitrogen and oxygen atoms in total. The largest absolute Gasteiger partial charge is 0.417 e. The van der Waals surface area contributed by atoms with Gasteiger partial charge in [-0.25, -0.2) is 8.42 Å². The van der Waals surface area contributed by atoms with E-state index >= 15 is 0 Å². The third-order valence-electron chi connectivity index (χ3n) is 42.1. The fourth-order valence-corrected chi connectivity index (χ4v) is 36.5. The van der Waals surface area contributed by atoms with E-state index in [2.05, 4.69) is 62.3 Å². The Bertz CT molecular complexity index is 3650. The molecular weight excluding hydrogens is 1630 g/mol. The lowest BCUT2D eigenvalue weighted by Crippen LogP contribution is -2.59. The topological polar surface area (TPSA) is 203 Å². The summed E-state index contributed by atoms with van der Waals surface area (Å²) in [7, 11) is 2.49. The molecule has 7 N–H and O–H groups in total. The van der Waals surface area contributed by atoms with Gasteiger partial charge in [-0.1, -0.05) is 80.5 Å². The van der Waals surface area contributed by atoms with Crippen molar-refractivity contribution in [3.63, 3.8) is 0 Å². The molecule has 28 atom stereocenters. The van der Waals surface area contributed by atoms with Crippen molar-refractivity contribution in [3.8, 4) is 0 Å². The van der Waals surface area contributed by atoms with Crippen molar-refractivity contribution in [2.45, 2.75) is 407 Å². The summed E-state index contributed by atoms with van der Waals surface area (Å²) in [6.07, 6.45) is 20.5. The smallest absolute Gasteiger partial charge is 0.400 e. The zero-order valence-corrected chi connectivity index (χ0v) is 79.6. The first-order chi connectivity index (χ1) is 58.5. The highest BCUT2D eigenvalue weighted by Crippen LogP contribution is 2.74. The van der Waals surface area contributed by atoms with Gasteiger partial charge in [0.1, 0.15) is 0 Å². The summed E-state index contributed by atoms with van der Waals surface area (Å²) >= 11 is 0. The van der Waals surface area contributed by atoms with Crippen molar-refractivity contribution in [3.05, 3.63) is 30.3 Å². The van der Waals surface area contributed by atoms with Crippen LogP contribution in [-0.4, -0.2) is 150 Å². The van der Waals surface area contributed by atoms with Crippen molar-refractivity contribution in [1.82, 2.24) is 0 Å². The second-order valence-corrected chi connectivity index (χ2v) is 49.9. The Morgan fingerprint density at radius 1 is 0.360 bits per heavy atom. The molecule has 0 bridgehead atoms. The summed E-state index contributed by atoms with van der Waals surface area (Å²) in [5, 5.41) is 72.4. The monoisotopic (exact) mass is 1800 g/mol. The van der Waals surface area contributed by atoms with E-state index in [0.717, 1.165) is 181 Å². The first-order valence-corrected chi connectivity index (χ1v) is 51.8. The van der Waals surface area contributed by atoms with Gasteiger partial charge in [0.2, 0.25) is 0 Å². The van der Waals surface area contributed by atoms with Crippen molar-refractivity contribution < 1.29 is 97.9 Å². The van der Waals surface area contributed by atoms with E-state index in [1.807, 2.05) is 6.07 Å². The Hall–Kier alpha value is -1.86. The predicted octanol–water partition coefficient (Wildman–Crippen LogP) is 23.8. The maximum absolute atomic E-state index is 14.5. The van der Waals surface area contributed by atoms with Crippen LogP contribution >= 0.6 is 0 Å². The maximum atomic E-state index is 14.5. The van der Waals surface area contributed by atoms with Crippen LogP contribution < -0.4 is 0 Å². The Kier molecular flexibility index (Phi) is 30.3. The number of sulfone groups is 1. The lowest BCUT2D eigenvalue weighted by atomic mass is 9.43. The molecule has 15 aliphatic carbocycles. The third kappa shape index (κ3) is 19.2. The highest BCUT2D eigenvalue weighted by molar-refractivity contribution is 7.92. The van der Waals surface area contributed by atoms with Crippen molar-refractivity contribution in [2.75, 3.05) is 48.3 Å². The minimum Gasteiger partial charge on any atom is -0.400 e. The van der Waals surface area contributed by atoms with Gasteiger partial charge in [0.25, 0.3) is 0 Å². The zero-order chi connectivity index (χ0) is 91.2. The van der Waals surface area contributed by atoms with Gasteiger partial charge in [-0.05, 0) is 451 Å². The molecule has 15 saturated carbocycles. The summed E-state index contributed by atoms with van der Waals surface area (Å²) in [5.74, 6) is 8.63. The van der Waals surface area contributed by atoms with Crippen LogP contribution in [0.2, 0.25) is 0 Å². The molecule has 0 radical (unpaired) electrons. The summed E-state index contributed by atoms with van der Waals surface area (Å²) in [6, 6.07) is 8.73. The van der Waals surface area contributed by atoms with Crippen LogP contribution in [0.15, 0.2) is 35.2 Å². The van der Waals surface area contributed by atoms with Crippen molar-refractivity contribution in [2.24, 2.45) is 157 Å². The van der Waals surface area contributed by atoms with Gasteiger partial charge < -0.3 is 50.0 Å². The minimum atomic E-state index is -4.60. The standard InChI is InChI=1S/C38H57F3O5S.2C32H53F3O3.CH4O/c1-25(33(47(44,45)28-8-6-5-7-9-28)23-36(42)18-14-26(15-19-36)24-46-4)30-12-13-31-29-11-10-27-22-37(43,38(39,40)41)21-20-34(27,2)32(29)16-17-35(30,31)3;2*1-21(9-14-30(36)15-10-22(11-16-30)20-38-4)25-7-8-26-24-6-5-23-19-31(37,32(33,34)35)18-17-28(23,2)27(24)12-13-29(25,26)3;1-2/h5-9,25-27,29-33,42-43H,10-24H2,1-4H3;2*21-27,36-37H,5-20H2,1-4H3;2H,1H3/t25-,26?,27-,29-,30+,31-,32-,33?,34-,35+,36?,37-;2*21-,22?,23+,24+,25-,26+,27+,28+,29-,30?,31+;/m011./s1. The number of benzene rings is 1. The third-order valence-corrected chi connectivity index (χ3v) is 44.4. The lowest BCUT2D eigenvalue weighted by molar-refractivity contribution is -0.290. The van der Waals surface area contributed by atoms with Crippen LogP contribution in [-0.2, 0) is 24.0 Å². The quantitative estimate of drug-likeness (QED) is 0.0610. The molecule has 720 valence electrons. The van der Waals surface area contributed by atoms with E-state index in [1.54, 1.807) is 45.6 Å². The number of aliphatic hydroxyl groups is 7. The minimum absolute atomic E-state index is 0.0238. The van der Waals surface area contributed by atoms with E-state index in [4.69, 9.17) is 19.3 Å². The van der Waals surface area contributed by atoms with Gasteiger partial charge in [0, 0.05) is 48.3 Å². The number of hydrogen-bond donors (Lipinski definition) is 7. The molecule has 15 fully saturated rings. The average Bonchev–Trinajstić information content (AvgIpc) is 1.69. The SMILES string of the molecule is CO.COCC1CCC(O)(CC([C@@H](C)[C@H]2CC[C@H]3[C@@H]4CC[C@H]5C[C@](O)(C(F)(F)F)CC[C@]5(C)[C@H]4CC[C@]23C)S(=O)(=O)c2ccccc2)CC1.COCC1CCC(O)(CC[C@@H](C)[C@H]2CC[C@H]3[C@@H]4CC[C@H]5C[C@](O)(C(F)(F)F)CC[C@]5(C)[C@H]4CC[C@]23C)CC1.COCC1CCC(O)(CC[C@@H](C)[C@H]2CC[C@H]3[C@@H]4CC[C@H]5C[C@](O)(C(F)(F)F)CC[C@]5(C)[C@H]4CC[C@]23C)CC1. The number of hydrogen-bond acceptors (Lipinski definition) is 12. The van der Waals surface area contributed by atoms with Crippen LogP contribution in [0.5, 0.6) is 0 Å². The van der Waals surface area contributed by atoms with Gasteiger partial charge in [-0.15, -0.1) is 0 Å². The first-order valence-electron chi connectivity index (χ1n) is 50.2. The normalized spacial score (nSPS) is 47.0. The van der Waals surface area contributed by atoms with Crippen LogP contribution in [0.3, 0.4) is 0 Å². The molecule has 0 saturated heterocycles. The summed E-state index contributed by atoms with van der Waals surface area (Å²) in [6.45, 7) is 23.4. The predicted molar refractivity (Wildman–Crippen MR) is 471 cm³/mol. The highest BCUT2D eigenvalue weighted by atomic mass is 32.2. The van der Waals surface area contributed by atoms with Crippen molar-refractivity contribution in [1.29, 1.82) is 0 Å². The molecule has 0 aliphatic heterocycles. The van der Waals surface area contributed by atoms with Crippen LogP contribution in [0.1, 0.15) is 345 Å². The van der Waals surface area contributed by atoms with Gasteiger partial charge in [-0.2, -0.15) is 39.5 Å². The Balaban J connectivity index is 0.000000161. The molecule has 125 heavy (non-hydrogen) atoms. The van der Waals surface area contributed by atoms with Crippen molar-refractivity contribution >= 4 is 9.84 Å². The summed E-state index contributed by atoms with van der Waals surface area (Å²) in [5.41, 5.74) is -9.42. The Morgan fingerprint density at radius 3 is 0.952 bits per heavy atom. The Morgan fingerprint density at radius 2 is 0.648 bits per heavy atom. The number of halogens is 9. The average molecular weight is 1800 g/mol. The molecule has 0 heterocycles. The number of ether oxygens (including phenoxy) is 3. The lowest BCUT2D eigenvalue weighted by Gasteiger charge is -2.62. The van der Waals surface area contributed by atoms with E-state index in [-0.39, 0.29) is 96.2 Å². The first kappa shape index (κ1) is 101. The molecular formula is C103H167F9O12S. The second kappa shape index (κ2) is 37.7. The molecule has 0 amide bonds. The van der Waals surface area contributed by atoms with E-state index in [0.29, 0.717) is 156 Å². The molecule has 22 heteroatoms. The molecule has 1 unspecified atom stereocenters. The molecule has 0 spiro atoms. The summed E-state index contributed by atoms with van der Waals surface area (Å²) < 4.78 is 169. The van der Waals surface area contributed by atoms with Crippen LogP contribution in [0, 0.1) is 157 Å². The van der Waals surface area contributed by atoms with Crippen LogP contribution in [0.4, 0.5) is 39.5 Å². The van der Waals surface area contributed by atoms with E-state index < -0.39 is 67.2 Å². The maximum Gasteiger partial charge on any atom is 0.417 e. The van der Waals surface area contributed by atoms with Gasteiger partial charge >= 0.3 is 18.5 Å². The van der Waals surface area contributed by atoms with E-state index in [1.165, 1.54) is 38.5 Å². The molecule has 0 aromatic heterocycles. The van der Waals surface area contributed by atoms with Gasteiger partial charge in [0.05, 0.1) is 26.9 Å². The van der Waals surface area contributed by atoms with Gasteiger partial charge in [0.15, 0.2) is 26.6 Å². The number of rotatable bonds is 20. The molecule has 1 aromatic rings. The zero-order valence-electron chi connectivity index (χ0n) is 78.8. The fourth-order valence-electron chi connectivity index (χ4n) is 34.3. The molecule has 15 aliphatic rings. The van der Waals surface area contributed by atoms with Crippen LogP contribution in [0.25, 0.3) is 0 Å². The number of aliphatic hydroxyl groups excluding tert-OH is 1. The number of alkyl halides is 9. The number of fused-ring (bicyclic) bond motifs is 15. The molecule has 1 aromatic carbocycles. The second-order valence-electron chi connectivity index (χ2n) is 47.7. The fraction of sp³-hybridized carbons (Fsp3) is 0.942. The van der Waals surface area contributed by atoms with Gasteiger partial charge in [-0.3, -0.25) is 0 Å². The molecule has 16 rings (SSSR count). The summed E-state index contributed by atoms with van der Waals surface area (Å²) in [4.78, 5) is 0.319. The number of methoxy groups -OCH3 is 3. The highest BCUT2D eigenvalue weighted by Gasteiger charge is 2.70. The van der Waals surface area contributed by atoms with E-state index in [9.17, 15) is 78.6 Å².